The summed E-state index contributed by atoms with van der Waals surface area (Å²) in [4.78, 5) is 17.7. The first-order chi connectivity index (χ1) is 6.20. The standard InChI is InChI=1S/C8H4BrFN2O/c9-5-2-12-7-4(8(5)13)1-11-3-6(7)10/h1-3H,(H,12,13). The molecule has 2 aromatic heterocycles. The number of aromatic amines is 1. The summed E-state index contributed by atoms with van der Waals surface area (Å²) >= 11 is 3.05. The van der Waals surface area contributed by atoms with E-state index in [2.05, 4.69) is 25.9 Å². The van der Waals surface area contributed by atoms with Crippen molar-refractivity contribution in [2.45, 2.75) is 0 Å². The number of halogens is 2. The molecule has 1 N–H and O–H groups in total. The van der Waals surface area contributed by atoms with Crippen LogP contribution in [0.2, 0.25) is 0 Å². The zero-order valence-corrected chi connectivity index (χ0v) is 7.93. The van der Waals surface area contributed by atoms with E-state index in [1.54, 1.807) is 0 Å². The van der Waals surface area contributed by atoms with Gasteiger partial charge < -0.3 is 4.98 Å². The molecule has 0 atom stereocenters. The number of hydrogen-bond acceptors (Lipinski definition) is 2. The Balaban J connectivity index is 3.03. The molecule has 0 saturated carbocycles. The molecule has 0 aliphatic rings. The number of nitrogens with one attached hydrogen (secondary N) is 1. The summed E-state index contributed by atoms with van der Waals surface area (Å²) in [5, 5.41) is 0.245. The quantitative estimate of drug-likeness (QED) is 0.767. The highest BCUT2D eigenvalue weighted by Crippen LogP contribution is 2.12. The van der Waals surface area contributed by atoms with Gasteiger partial charge in [-0.05, 0) is 15.9 Å². The summed E-state index contributed by atoms with van der Waals surface area (Å²) in [6.45, 7) is 0. The Hall–Kier alpha value is -1.23. The molecule has 0 aromatic carbocycles. The van der Waals surface area contributed by atoms with Gasteiger partial charge in [-0.1, -0.05) is 0 Å². The Morgan fingerprint density at radius 2 is 2.23 bits per heavy atom. The van der Waals surface area contributed by atoms with E-state index >= 15 is 0 Å². The Morgan fingerprint density at radius 3 is 3.00 bits per heavy atom. The maximum Gasteiger partial charge on any atom is 0.205 e. The zero-order chi connectivity index (χ0) is 9.42. The third-order valence-corrected chi connectivity index (χ3v) is 2.29. The minimum atomic E-state index is -0.526. The summed E-state index contributed by atoms with van der Waals surface area (Å²) in [6.07, 6.45) is 3.81. The minimum absolute atomic E-state index is 0.184. The first-order valence-corrected chi connectivity index (χ1v) is 4.30. The number of rotatable bonds is 0. The lowest BCUT2D eigenvalue weighted by molar-refractivity contribution is 0.630. The smallest absolute Gasteiger partial charge is 0.205 e. The Bertz CT molecular complexity index is 523. The fourth-order valence-electron chi connectivity index (χ4n) is 1.08. The first-order valence-electron chi connectivity index (χ1n) is 3.50. The highest BCUT2D eigenvalue weighted by Gasteiger charge is 2.06. The molecule has 0 aliphatic heterocycles. The maximum atomic E-state index is 13.0. The van der Waals surface area contributed by atoms with Crippen LogP contribution in [0.1, 0.15) is 0 Å². The number of aromatic nitrogens is 2. The molecule has 13 heavy (non-hydrogen) atoms. The Labute approximate surface area is 80.7 Å². The van der Waals surface area contributed by atoms with Gasteiger partial charge in [0.1, 0.15) is 0 Å². The van der Waals surface area contributed by atoms with Gasteiger partial charge in [0.05, 0.1) is 21.6 Å². The van der Waals surface area contributed by atoms with E-state index in [9.17, 15) is 9.18 Å². The number of nitrogens with zero attached hydrogens (tertiary/aromatic N) is 1. The van der Waals surface area contributed by atoms with Crippen molar-refractivity contribution in [1.29, 1.82) is 0 Å². The highest BCUT2D eigenvalue weighted by molar-refractivity contribution is 9.10. The molecule has 0 fully saturated rings. The minimum Gasteiger partial charge on any atom is -0.357 e. The van der Waals surface area contributed by atoms with Crippen LogP contribution in [-0.4, -0.2) is 9.97 Å². The summed E-state index contributed by atoms with van der Waals surface area (Å²) in [5.74, 6) is -0.526. The first kappa shape index (κ1) is 8.37. The average Bonchev–Trinajstić information content (AvgIpc) is 2.12. The van der Waals surface area contributed by atoms with Crippen LogP contribution in [0.4, 0.5) is 4.39 Å². The summed E-state index contributed by atoms with van der Waals surface area (Å²) in [7, 11) is 0. The van der Waals surface area contributed by atoms with Crippen molar-refractivity contribution in [2.75, 3.05) is 0 Å². The molecule has 0 bridgehead atoms. The van der Waals surface area contributed by atoms with Gasteiger partial charge >= 0.3 is 0 Å². The highest BCUT2D eigenvalue weighted by atomic mass is 79.9. The van der Waals surface area contributed by atoms with Crippen LogP contribution in [0.25, 0.3) is 10.9 Å². The van der Waals surface area contributed by atoms with Crippen LogP contribution in [0.5, 0.6) is 0 Å². The molecule has 5 heteroatoms. The molecule has 0 unspecified atom stereocenters. The SMILES string of the molecule is O=c1c(Br)c[nH]c2c(F)cncc12. The van der Waals surface area contributed by atoms with Crippen molar-refractivity contribution < 1.29 is 4.39 Å². The van der Waals surface area contributed by atoms with Crippen LogP contribution < -0.4 is 5.43 Å². The zero-order valence-electron chi connectivity index (χ0n) is 6.34. The molecule has 0 aliphatic carbocycles. The molecule has 0 spiro atoms. The van der Waals surface area contributed by atoms with Crippen LogP contribution in [0.3, 0.4) is 0 Å². The van der Waals surface area contributed by atoms with Gasteiger partial charge in [0.25, 0.3) is 0 Å². The lowest BCUT2D eigenvalue weighted by atomic mass is 10.2. The summed E-state index contributed by atoms with van der Waals surface area (Å²) in [5.41, 5.74) is -0.0797. The fraction of sp³-hybridized carbons (Fsp3) is 0. The molecule has 0 saturated heterocycles. The second-order valence-corrected chi connectivity index (χ2v) is 3.36. The van der Waals surface area contributed by atoms with E-state index in [0.717, 1.165) is 6.20 Å². The molecule has 3 nitrogen and oxygen atoms in total. The van der Waals surface area contributed by atoms with E-state index in [1.807, 2.05) is 0 Å². The third-order valence-electron chi connectivity index (χ3n) is 1.70. The van der Waals surface area contributed by atoms with Crippen molar-refractivity contribution in [2.24, 2.45) is 0 Å². The van der Waals surface area contributed by atoms with Crippen molar-refractivity contribution in [3.05, 3.63) is 39.1 Å². The predicted octanol–water partition coefficient (Wildman–Crippen LogP) is 1.82. The molecule has 0 amide bonds. The van der Waals surface area contributed by atoms with Crippen molar-refractivity contribution >= 4 is 26.8 Å². The lowest BCUT2D eigenvalue weighted by Crippen LogP contribution is -2.04. The fourth-order valence-corrected chi connectivity index (χ4v) is 1.41. The van der Waals surface area contributed by atoms with Crippen LogP contribution in [0, 0.1) is 5.82 Å². The molecule has 2 heterocycles. The van der Waals surface area contributed by atoms with E-state index in [0.29, 0.717) is 4.47 Å². The number of pyridine rings is 2. The van der Waals surface area contributed by atoms with Gasteiger partial charge in [0, 0.05) is 12.4 Å². The van der Waals surface area contributed by atoms with Crippen LogP contribution in [0.15, 0.2) is 27.9 Å². The third kappa shape index (κ3) is 1.25. The van der Waals surface area contributed by atoms with Crippen molar-refractivity contribution in [3.8, 4) is 0 Å². The van der Waals surface area contributed by atoms with Gasteiger partial charge in [0.15, 0.2) is 5.82 Å². The maximum absolute atomic E-state index is 13.0. The van der Waals surface area contributed by atoms with E-state index in [4.69, 9.17) is 0 Å². The topological polar surface area (TPSA) is 45.8 Å². The molecule has 2 aromatic rings. The summed E-state index contributed by atoms with van der Waals surface area (Å²) < 4.78 is 13.4. The molecular formula is C8H4BrFN2O. The van der Waals surface area contributed by atoms with Gasteiger partial charge in [-0.3, -0.25) is 9.78 Å². The molecular weight excluding hydrogens is 239 g/mol. The number of fused-ring (bicyclic) bond motifs is 1. The van der Waals surface area contributed by atoms with Gasteiger partial charge in [-0.25, -0.2) is 4.39 Å². The van der Waals surface area contributed by atoms with Crippen LogP contribution in [-0.2, 0) is 0 Å². The summed E-state index contributed by atoms with van der Waals surface area (Å²) in [6, 6.07) is 0. The normalized spacial score (nSPS) is 10.6. The Kier molecular flexibility index (Phi) is 1.88. The second-order valence-electron chi connectivity index (χ2n) is 2.51. The predicted molar refractivity (Wildman–Crippen MR) is 50.0 cm³/mol. The largest absolute Gasteiger partial charge is 0.357 e. The molecule has 2 rings (SSSR count). The van der Waals surface area contributed by atoms with E-state index in [-0.39, 0.29) is 16.3 Å². The second kappa shape index (κ2) is 2.92. The number of H-pyrrole nitrogens is 1. The molecule has 0 radical (unpaired) electrons. The lowest BCUT2D eigenvalue weighted by Gasteiger charge is -1.97. The number of hydrogen-bond donors (Lipinski definition) is 1. The van der Waals surface area contributed by atoms with Crippen LogP contribution >= 0.6 is 15.9 Å². The van der Waals surface area contributed by atoms with Crippen molar-refractivity contribution in [1.82, 2.24) is 9.97 Å². The van der Waals surface area contributed by atoms with E-state index in [1.165, 1.54) is 12.4 Å². The molecule has 66 valence electrons. The van der Waals surface area contributed by atoms with Gasteiger partial charge in [-0.2, -0.15) is 0 Å². The monoisotopic (exact) mass is 242 g/mol. The van der Waals surface area contributed by atoms with Gasteiger partial charge in [-0.15, -0.1) is 0 Å². The average molecular weight is 243 g/mol. The van der Waals surface area contributed by atoms with E-state index < -0.39 is 5.82 Å². The Morgan fingerprint density at radius 1 is 1.46 bits per heavy atom. The van der Waals surface area contributed by atoms with Gasteiger partial charge in [0.2, 0.25) is 5.43 Å². The van der Waals surface area contributed by atoms with Crippen molar-refractivity contribution in [3.63, 3.8) is 0 Å².